The Kier molecular flexibility index (Phi) is 3.19. The summed E-state index contributed by atoms with van der Waals surface area (Å²) in [5.74, 6) is 1.84. The number of ether oxygens (including phenoxy) is 1. The number of rotatable bonds is 1. The molecule has 0 amide bonds. The van der Waals surface area contributed by atoms with Crippen molar-refractivity contribution in [1.82, 2.24) is 4.90 Å². The monoisotopic (exact) mass is 301 g/mol. The van der Waals surface area contributed by atoms with Crippen LogP contribution in [0.25, 0.3) is 0 Å². The lowest BCUT2D eigenvalue weighted by Gasteiger charge is -2.46. The number of benzene rings is 1. The number of hydrogen-bond donors (Lipinski definition) is 1. The van der Waals surface area contributed by atoms with Gasteiger partial charge >= 0.3 is 0 Å². The van der Waals surface area contributed by atoms with Crippen molar-refractivity contribution >= 4 is 5.78 Å². The lowest BCUT2D eigenvalue weighted by Crippen LogP contribution is -2.40. The summed E-state index contributed by atoms with van der Waals surface area (Å²) in [6, 6.07) is 2.38. The Bertz CT molecular complexity index is 640. The Morgan fingerprint density at radius 1 is 1.32 bits per heavy atom. The first kappa shape index (κ1) is 14.1. The number of aromatic hydroxyl groups is 1. The van der Waals surface area contributed by atoms with Gasteiger partial charge in [0, 0.05) is 31.0 Å². The second-order valence-corrected chi connectivity index (χ2v) is 7.04. The predicted octanol–water partition coefficient (Wildman–Crippen LogP) is 2.79. The molecule has 4 nitrogen and oxygen atoms in total. The second kappa shape index (κ2) is 4.98. The number of nitrogens with zero attached hydrogens (tertiary/aromatic N) is 1. The van der Waals surface area contributed by atoms with Crippen LogP contribution in [0.1, 0.15) is 54.3 Å². The average Bonchev–Trinajstić information content (AvgIpc) is 2.52. The van der Waals surface area contributed by atoms with E-state index < -0.39 is 0 Å². The number of fused-ring (bicyclic) bond motifs is 2. The molecule has 1 aliphatic heterocycles. The van der Waals surface area contributed by atoms with E-state index in [-0.39, 0.29) is 11.7 Å². The summed E-state index contributed by atoms with van der Waals surface area (Å²) in [6.07, 6.45) is 4.33. The fraction of sp³-hybridized carbons (Fsp3) is 0.611. The molecule has 118 valence electrons. The molecular weight excluding hydrogens is 278 g/mol. The largest absolute Gasteiger partial charge is 0.504 e. The van der Waals surface area contributed by atoms with Gasteiger partial charge in [0.25, 0.3) is 0 Å². The normalized spacial score (nSPS) is 30.6. The molecule has 1 heterocycles. The van der Waals surface area contributed by atoms with E-state index >= 15 is 0 Å². The van der Waals surface area contributed by atoms with E-state index in [1.54, 1.807) is 7.11 Å². The van der Waals surface area contributed by atoms with Crippen molar-refractivity contribution in [1.29, 1.82) is 0 Å². The lowest BCUT2D eigenvalue weighted by atomic mass is 9.64. The number of hydrogen-bond acceptors (Lipinski definition) is 4. The molecule has 0 radical (unpaired) electrons. The van der Waals surface area contributed by atoms with Crippen LogP contribution in [0.15, 0.2) is 6.07 Å². The molecule has 4 rings (SSSR count). The quantitative estimate of drug-likeness (QED) is 0.866. The first-order valence-electron chi connectivity index (χ1n) is 8.24. The minimum atomic E-state index is 0.174. The smallest absolute Gasteiger partial charge is 0.161 e. The van der Waals surface area contributed by atoms with Crippen LogP contribution in [0, 0.1) is 5.92 Å². The maximum atomic E-state index is 12.0. The highest BCUT2D eigenvalue weighted by molar-refractivity contribution is 5.81. The molecule has 3 aliphatic rings. The van der Waals surface area contributed by atoms with Crippen molar-refractivity contribution in [3.8, 4) is 11.5 Å². The molecular formula is C18H23NO3. The summed E-state index contributed by atoms with van der Waals surface area (Å²) in [5, 5.41) is 10.8. The van der Waals surface area contributed by atoms with E-state index in [0.717, 1.165) is 31.4 Å². The zero-order valence-corrected chi connectivity index (χ0v) is 13.3. The fourth-order valence-corrected chi connectivity index (χ4v) is 4.81. The highest BCUT2D eigenvalue weighted by Crippen LogP contribution is 2.56. The molecule has 1 saturated carbocycles. The van der Waals surface area contributed by atoms with E-state index in [1.165, 1.54) is 11.1 Å². The van der Waals surface area contributed by atoms with E-state index in [1.807, 2.05) is 6.07 Å². The van der Waals surface area contributed by atoms with Gasteiger partial charge in [0.2, 0.25) is 0 Å². The minimum absolute atomic E-state index is 0.174. The van der Waals surface area contributed by atoms with Gasteiger partial charge in [-0.05, 0) is 55.3 Å². The van der Waals surface area contributed by atoms with Crippen LogP contribution in [-0.2, 0) is 11.2 Å². The van der Waals surface area contributed by atoms with Gasteiger partial charge in [-0.25, -0.2) is 0 Å². The predicted molar refractivity (Wildman–Crippen MR) is 83.4 cm³/mol. The van der Waals surface area contributed by atoms with Gasteiger partial charge in [0.05, 0.1) is 7.11 Å². The Morgan fingerprint density at radius 3 is 2.91 bits per heavy atom. The maximum absolute atomic E-state index is 12.0. The third-order valence-corrected chi connectivity index (χ3v) is 5.96. The number of Topliss-reactive ketones (excluding diaryl/α,β-unsaturated/α-hetero) is 1. The van der Waals surface area contributed by atoms with Crippen molar-refractivity contribution in [3.63, 3.8) is 0 Å². The van der Waals surface area contributed by atoms with Crippen LogP contribution in [0.5, 0.6) is 11.5 Å². The van der Waals surface area contributed by atoms with Gasteiger partial charge in [-0.3, -0.25) is 9.69 Å². The molecule has 0 saturated heterocycles. The van der Waals surface area contributed by atoms with Gasteiger partial charge in [-0.2, -0.15) is 0 Å². The number of likely N-dealkylation sites (N-methyl/N-ethyl adjacent to an activating group) is 1. The minimum Gasteiger partial charge on any atom is -0.504 e. The number of ketones is 1. The van der Waals surface area contributed by atoms with Gasteiger partial charge in [0.1, 0.15) is 5.78 Å². The second-order valence-electron chi connectivity index (χ2n) is 7.04. The van der Waals surface area contributed by atoms with Crippen molar-refractivity contribution in [3.05, 3.63) is 22.8 Å². The summed E-state index contributed by atoms with van der Waals surface area (Å²) in [6.45, 7) is 1.04. The van der Waals surface area contributed by atoms with E-state index in [9.17, 15) is 9.90 Å². The number of carbonyl (C=O) groups excluding carboxylic acids is 1. The zero-order chi connectivity index (χ0) is 15.4. The van der Waals surface area contributed by atoms with Crippen LogP contribution in [0.2, 0.25) is 0 Å². The third-order valence-electron chi connectivity index (χ3n) is 5.96. The number of phenolic OH excluding ortho intramolecular Hbond substituents is 1. The van der Waals surface area contributed by atoms with Crippen molar-refractivity contribution in [2.75, 3.05) is 20.7 Å². The van der Waals surface area contributed by atoms with Gasteiger partial charge in [0.15, 0.2) is 11.5 Å². The number of carbonyl (C=O) groups is 1. The first-order valence-corrected chi connectivity index (χ1v) is 8.24. The molecule has 0 aromatic heterocycles. The van der Waals surface area contributed by atoms with Crippen LogP contribution in [0.3, 0.4) is 0 Å². The van der Waals surface area contributed by atoms with Crippen LogP contribution >= 0.6 is 0 Å². The molecule has 3 unspecified atom stereocenters. The molecule has 1 N–H and O–H groups in total. The van der Waals surface area contributed by atoms with E-state index in [2.05, 4.69) is 11.9 Å². The fourth-order valence-electron chi connectivity index (χ4n) is 4.81. The molecule has 4 heteroatoms. The zero-order valence-electron chi connectivity index (χ0n) is 13.3. The Labute approximate surface area is 131 Å². The molecule has 22 heavy (non-hydrogen) atoms. The van der Waals surface area contributed by atoms with Gasteiger partial charge in [-0.1, -0.05) is 0 Å². The standard InChI is InChI=1S/C18H23NO3/c1-19-6-5-11-8-15(22-2)18(21)17-13-9-12(20)4-3-10(13)7-14(19)16(11)17/h8,10,13-14,21H,3-7,9H2,1-2H3. The molecule has 0 bridgehead atoms. The van der Waals surface area contributed by atoms with E-state index in [4.69, 9.17) is 4.74 Å². The molecule has 1 aromatic rings. The van der Waals surface area contributed by atoms with Gasteiger partial charge < -0.3 is 9.84 Å². The Morgan fingerprint density at radius 2 is 2.14 bits per heavy atom. The summed E-state index contributed by atoms with van der Waals surface area (Å²) < 4.78 is 5.40. The average molecular weight is 301 g/mol. The highest BCUT2D eigenvalue weighted by atomic mass is 16.5. The Hall–Kier alpha value is -1.55. The number of phenols is 1. The molecule has 0 spiro atoms. The topological polar surface area (TPSA) is 49.8 Å². The number of methoxy groups -OCH3 is 1. The Balaban J connectivity index is 1.93. The van der Waals surface area contributed by atoms with Crippen LogP contribution < -0.4 is 4.74 Å². The SMILES string of the molecule is COc1cc2c3c(c1O)C1CC(=O)CCC1CC3N(C)CC2. The lowest BCUT2D eigenvalue weighted by molar-refractivity contribution is -0.122. The van der Waals surface area contributed by atoms with Crippen molar-refractivity contribution in [2.24, 2.45) is 5.92 Å². The third kappa shape index (κ3) is 1.89. The molecule has 3 atom stereocenters. The van der Waals surface area contributed by atoms with Crippen LogP contribution in [0.4, 0.5) is 0 Å². The van der Waals surface area contributed by atoms with E-state index in [0.29, 0.717) is 36.3 Å². The van der Waals surface area contributed by atoms with Gasteiger partial charge in [-0.15, -0.1) is 0 Å². The molecule has 1 aromatic carbocycles. The highest BCUT2D eigenvalue weighted by Gasteiger charge is 2.44. The summed E-state index contributed by atoms with van der Waals surface area (Å²) in [7, 11) is 3.78. The van der Waals surface area contributed by atoms with Crippen molar-refractivity contribution < 1.29 is 14.6 Å². The summed E-state index contributed by atoms with van der Waals surface area (Å²) in [5.41, 5.74) is 3.59. The summed E-state index contributed by atoms with van der Waals surface area (Å²) in [4.78, 5) is 14.4. The summed E-state index contributed by atoms with van der Waals surface area (Å²) >= 11 is 0. The van der Waals surface area contributed by atoms with Crippen LogP contribution in [-0.4, -0.2) is 36.5 Å². The molecule has 2 aliphatic carbocycles. The maximum Gasteiger partial charge on any atom is 0.161 e. The molecule has 1 fully saturated rings. The first-order chi connectivity index (χ1) is 10.6. The van der Waals surface area contributed by atoms with Crippen molar-refractivity contribution in [2.45, 2.75) is 44.1 Å².